The lowest BCUT2D eigenvalue weighted by molar-refractivity contribution is -0.256. The third-order valence-corrected chi connectivity index (χ3v) is 12.0. The van der Waals surface area contributed by atoms with Crippen molar-refractivity contribution < 1.29 is 53.1 Å². The van der Waals surface area contributed by atoms with E-state index in [9.17, 15) is 19.8 Å². The summed E-state index contributed by atoms with van der Waals surface area (Å²) in [6.07, 6.45) is 8.72. The monoisotopic (exact) mass is 858 g/mol. The van der Waals surface area contributed by atoms with Crippen molar-refractivity contribution in [2.24, 2.45) is 22.9 Å². The zero-order chi connectivity index (χ0) is 42.8. The fraction of sp³-hybridized carbons (Fsp3) is 0.468. The Hall–Kier alpha value is -5.08. The molecular formula is C47H55ClN2O11. The van der Waals surface area contributed by atoms with Gasteiger partial charge < -0.3 is 43.5 Å². The van der Waals surface area contributed by atoms with Gasteiger partial charge in [-0.25, -0.2) is 4.79 Å². The highest BCUT2D eigenvalue weighted by Crippen LogP contribution is 2.62. The van der Waals surface area contributed by atoms with Crippen molar-refractivity contribution in [3.05, 3.63) is 102 Å². The van der Waals surface area contributed by atoms with E-state index in [1.165, 1.54) is 0 Å². The van der Waals surface area contributed by atoms with Crippen molar-refractivity contribution in [1.29, 1.82) is 0 Å². The number of hydrogen-bond acceptors (Lipinski definition) is 12. The molecule has 1 saturated carbocycles. The van der Waals surface area contributed by atoms with Crippen LogP contribution in [-0.4, -0.2) is 90.7 Å². The molecule has 7 rings (SSSR count). The Morgan fingerprint density at radius 3 is 2.56 bits per heavy atom. The van der Waals surface area contributed by atoms with Gasteiger partial charge in [0.15, 0.2) is 11.5 Å². The molecule has 2 N–H and O–H groups in total. The maximum Gasteiger partial charge on any atom is 0.410 e. The number of allylic oxidation sites excluding steroid dienone is 1. The number of carbonyl (C=O) groups is 2. The quantitative estimate of drug-likeness (QED) is 0.0348. The second-order valence-corrected chi connectivity index (χ2v) is 16.0. The summed E-state index contributed by atoms with van der Waals surface area (Å²) in [5, 5.41) is 24.6. The number of amides is 1. The minimum absolute atomic E-state index is 0.000377. The number of aliphatic hydroxyl groups is 2. The number of nitrogens with zero attached hydrogens (tertiary/aromatic N) is 2. The van der Waals surface area contributed by atoms with Crippen LogP contribution in [0.3, 0.4) is 0 Å². The van der Waals surface area contributed by atoms with Crippen molar-refractivity contribution in [1.82, 2.24) is 4.90 Å². The molecule has 3 aromatic rings. The lowest BCUT2D eigenvalue weighted by Crippen LogP contribution is -2.70. The van der Waals surface area contributed by atoms with Gasteiger partial charge in [-0.2, -0.15) is 0 Å². The SMILES string of the molecule is C=CCO[C@@]12Oc3ccc(Oc4cccc(C=O)c4)cc3[C@H]3[C@H](CCCCO)[C@@H](CCCCO)C=C(C(=NOCC)C[C@@H]1N(Cc1ccc4c(c1)OCO4)C(=O)OCCCl)[C@H]32. The maximum absolute atomic E-state index is 14.5. The Bertz CT molecular complexity index is 2080. The van der Waals surface area contributed by atoms with E-state index in [-0.39, 0.29) is 69.8 Å². The van der Waals surface area contributed by atoms with Crippen LogP contribution in [0.5, 0.6) is 28.7 Å². The summed E-state index contributed by atoms with van der Waals surface area (Å²) in [7, 11) is 0. The lowest BCUT2D eigenvalue weighted by Gasteiger charge is -2.59. The highest BCUT2D eigenvalue weighted by Gasteiger charge is 2.65. The summed E-state index contributed by atoms with van der Waals surface area (Å²) in [4.78, 5) is 33.7. The van der Waals surface area contributed by atoms with Crippen molar-refractivity contribution >= 4 is 29.7 Å². The number of rotatable bonds is 21. The van der Waals surface area contributed by atoms with E-state index in [1.807, 2.05) is 43.3 Å². The van der Waals surface area contributed by atoms with Gasteiger partial charge in [-0.3, -0.25) is 9.69 Å². The smallest absolute Gasteiger partial charge is 0.410 e. The minimum atomic E-state index is -1.51. The third-order valence-electron chi connectivity index (χ3n) is 11.9. The van der Waals surface area contributed by atoms with Gasteiger partial charge in [-0.05, 0) is 98.0 Å². The number of benzene rings is 3. The molecular weight excluding hydrogens is 804 g/mol. The first-order valence-electron chi connectivity index (χ1n) is 21.2. The molecule has 0 bridgehead atoms. The average molecular weight is 859 g/mol. The molecule has 2 aliphatic heterocycles. The molecule has 0 saturated heterocycles. The predicted molar refractivity (Wildman–Crippen MR) is 229 cm³/mol. The molecule has 326 valence electrons. The van der Waals surface area contributed by atoms with Crippen LogP contribution >= 0.6 is 11.6 Å². The van der Waals surface area contributed by atoms with Crippen LogP contribution in [-0.2, 0) is 20.9 Å². The second kappa shape index (κ2) is 20.7. The number of alkyl halides is 1. The summed E-state index contributed by atoms with van der Waals surface area (Å²) in [5.74, 6) is 0.618. The first kappa shape index (κ1) is 44.0. The summed E-state index contributed by atoms with van der Waals surface area (Å²) in [6, 6.07) is 17.4. The zero-order valence-electron chi connectivity index (χ0n) is 34.5. The Kier molecular flexibility index (Phi) is 14.9. The number of aliphatic hydroxyl groups excluding tert-OH is 2. The topological polar surface area (TPSA) is 155 Å². The predicted octanol–water partition coefficient (Wildman–Crippen LogP) is 8.55. The molecule has 0 radical (unpaired) electrons. The lowest BCUT2D eigenvalue weighted by atomic mass is 9.55. The molecule has 4 aliphatic rings. The van der Waals surface area contributed by atoms with Crippen molar-refractivity contribution in [2.45, 2.75) is 76.2 Å². The van der Waals surface area contributed by atoms with Gasteiger partial charge >= 0.3 is 6.09 Å². The average Bonchev–Trinajstić information content (AvgIpc) is 3.75. The van der Waals surface area contributed by atoms with Crippen LogP contribution in [0.4, 0.5) is 4.79 Å². The molecule has 0 aromatic heterocycles. The Morgan fingerprint density at radius 2 is 1.79 bits per heavy atom. The van der Waals surface area contributed by atoms with Gasteiger partial charge in [-0.15, -0.1) is 18.2 Å². The molecule has 0 spiro atoms. The zero-order valence-corrected chi connectivity index (χ0v) is 35.3. The molecule has 0 unspecified atom stereocenters. The highest BCUT2D eigenvalue weighted by molar-refractivity contribution is 6.18. The molecule has 3 aromatic carbocycles. The minimum Gasteiger partial charge on any atom is -0.459 e. The van der Waals surface area contributed by atoms with E-state index in [0.29, 0.717) is 59.5 Å². The van der Waals surface area contributed by atoms with Crippen LogP contribution in [0, 0.1) is 17.8 Å². The molecule has 2 heterocycles. The largest absolute Gasteiger partial charge is 0.459 e. The van der Waals surface area contributed by atoms with E-state index >= 15 is 0 Å². The second-order valence-electron chi connectivity index (χ2n) is 15.6. The van der Waals surface area contributed by atoms with Gasteiger partial charge in [0, 0.05) is 43.2 Å². The Balaban J connectivity index is 1.44. The van der Waals surface area contributed by atoms with Gasteiger partial charge in [0.25, 0.3) is 0 Å². The van der Waals surface area contributed by atoms with Gasteiger partial charge in [0.1, 0.15) is 42.8 Å². The number of fused-ring (bicyclic) bond motifs is 3. The number of oxime groups is 1. The fourth-order valence-corrected chi connectivity index (χ4v) is 9.47. The summed E-state index contributed by atoms with van der Waals surface area (Å²) >= 11 is 6.09. The van der Waals surface area contributed by atoms with E-state index in [4.69, 9.17) is 50.0 Å². The molecule has 6 atom stereocenters. The van der Waals surface area contributed by atoms with Crippen molar-refractivity contribution in [3.63, 3.8) is 0 Å². The fourth-order valence-electron chi connectivity index (χ4n) is 9.39. The van der Waals surface area contributed by atoms with Gasteiger partial charge in [-0.1, -0.05) is 48.3 Å². The first-order valence-corrected chi connectivity index (χ1v) is 21.7. The molecule has 1 amide bonds. The van der Waals surface area contributed by atoms with E-state index in [2.05, 4.69) is 12.7 Å². The highest BCUT2D eigenvalue weighted by atomic mass is 35.5. The number of ether oxygens (including phenoxy) is 6. The molecule has 1 fully saturated rings. The van der Waals surface area contributed by atoms with Gasteiger partial charge in [0.05, 0.1) is 24.1 Å². The standard InChI is InChI=1S/C47H55ClN2O11/c1-3-21-58-47-43(50(46(54)55-22-18-48)28-31-14-16-41-42(24-31)57-30-56-41)27-39(49-59-4-2)37-25-33(11-5-7-19-51)36(13-6-8-20-52)44(45(37)47)38-26-35(15-17-40(38)61-47)60-34-12-9-10-32(23-34)29-53/h3,9-10,12,14-17,23-26,29,33,36,43-45,51-52H,1,4-8,11,13,18-22,27-28,30H2,2H3/t33-,36+,43-,44+,45+,47+/m0/s1. The van der Waals surface area contributed by atoms with Crippen molar-refractivity contribution in [2.75, 3.05) is 45.7 Å². The van der Waals surface area contributed by atoms with Crippen LogP contribution < -0.4 is 18.9 Å². The maximum atomic E-state index is 14.5. The molecule has 2 aliphatic carbocycles. The Morgan fingerprint density at radius 1 is 1.00 bits per heavy atom. The summed E-state index contributed by atoms with van der Waals surface area (Å²) < 4.78 is 37.9. The van der Waals surface area contributed by atoms with E-state index < -0.39 is 23.8 Å². The van der Waals surface area contributed by atoms with E-state index in [1.54, 1.807) is 35.2 Å². The first-order chi connectivity index (χ1) is 29.9. The third kappa shape index (κ3) is 9.55. The van der Waals surface area contributed by atoms with Crippen LogP contribution in [0.1, 0.15) is 79.3 Å². The summed E-state index contributed by atoms with van der Waals surface area (Å²) in [5.41, 5.74) is 3.70. The van der Waals surface area contributed by atoms with Crippen LogP contribution in [0.15, 0.2) is 90.1 Å². The van der Waals surface area contributed by atoms with E-state index in [0.717, 1.165) is 48.7 Å². The normalized spacial score (nSPS) is 23.8. The number of aldehydes is 1. The van der Waals surface area contributed by atoms with Crippen LogP contribution in [0.2, 0.25) is 0 Å². The number of hydrogen-bond donors (Lipinski definition) is 2. The summed E-state index contributed by atoms with van der Waals surface area (Å²) in [6.45, 7) is 6.62. The molecule has 13 nitrogen and oxygen atoms in total. The number of halogens is 1. The van der Waals surface area contributed by atoms with Crippen LogP contribution in [0.25, 0.3) is 0 Å². The molecule has 14 heteroatoms. The molecule has 61 heavy (non-hydrogen) atoms. The van der Waals surface area contributed by atoms with Gasteiger partial charge in [0.2, 0.25) is 12.6 Å². The Labute approximate surface area is 361 Å². The van der Waals surface area contributed by atoms with Crippen molar-refractivity contribution in [3.8, 4) is 28.7 Å². The number of carbonyl (C=O) groups excluding carboxylic acids is 2. The number of unbranched alkanes of at least 4 members (excludes halogenated alkanes) is 2.